The summed E-state index contributed by atoms with van der Waals surface area (Å²) in [4.78, 5) is 19.5. The summed E-state index contributed by atoms with van der Waals surface area (Å²) < 4.78 is 5.79. The highest BCUT2D eigenvalue weighted by Crippen LogP contribution is 2.30. The van der Waals surface area contributed by atoms with Crippen LogP contribution in [0.5, 0.6) is 11.6 Å². The topological polar surface area (TPSA) is 102 Å². The van der Waals surface area contributed by atoms with E-state index >= 15 is 0 Å². The Morgan fingerprint density at radius 1 is 1.38 bits per heavy atom. The molecule has 2 heterocycles. The molecule has 1 amide bonds. The highest BCUT2D eigenvalue weighted by molar-refractivity contribution is 5.94. The third-order valence-electron chi connectivity index (χ3n) is 3.24. The molecular formula is C14H15N5O2. The van der Waals surface area contributed by atoms with E-state index in [1.807, 2.05) is 19.1 Å². The molecule has 21 heavy (non-hydrogen) atoms. The average molecular weight is 285 g/mol. The number of nitrogens with zero attached hydrogens (tertiary/aromatic N) is 2. The second kappa shape index (κ2) is 5.37. The van der Waals surface area contributed by atoms with Crippen molar-refractivity contribution in [2.75, 3.05) is 10.7 Å². The second-order valence-electron chi connectivity index (χ2n) is 4.80. The van der Waals surface area contributed by atoms with Gasteiger partial charge >= 0.3 is 0 Å². The van der Waals surface area contributed by atoms with Crippen molar-refractivity contribution < 1.29 is 9.53 Å². The van der Waals surface area contributed by atoms with E-state index in [-0.39, 0.29) is 5.91 Å². The number of aromatic nitrogens is 2. The zero-order valence-corrected chi connectivity index (χ0v) is 11.5. The molecule has 0 aliphatic carbocycles. The molecule has 1 aliphatic heterocycles. The Bertz CT molecular complexity index is 702. The van der Waals surface area contributed by atoms with Crippen LogP contribution in [0.2, 0.25) is 0 Å². The number of nitrogens with two attached hydrogens (primary N) is 1. The quantitative estimate of drug-likeness (QED) is 0.586. The Balaban J connectivity index is 1.87. The standard InChI is InChI=1S/C14H15N5O2/c1-8-7-16-14(19-15)18-13(8)21-10-3-4-11-9(6-10)2-5-12(20)17-11/h3-4,6-7H,2,5,15H2,1H3,(H,17,20)(H,16,18,19). The number of ether oxygens (including phenoxy) is 1. The lowest BCUT2D eigenvalue weighted by atomic mass is 10.0. The number of aryl methyl sites for hydroxylation is 2. The maximum absolute atomic E-state index is 11.3. The first-order chi connectivity index (χ1) is 10.2. The number of hydrogen-bond acceptors (Lipinski definition) is 6. The lowest BCUT2D eigenvalue weighted by Crippen LogP contribution is -2.18. The van der Waals surface area contributed by atoms with Gasteiger partial charge in [-0.05, 0) is 37.1 Å². The summed E-state index contributed by atoms with van der Waals surface area (Å²) in [5.74, 6) is 6.74. The molecule has 0 radical (unpaired) electrons. The van der Waals surface area contributed by atoms with Gasteiger partial charge < -0.3 is 10.1 Å². The molecule has 0 saturated heterocycles. The summed E-state index contributed by atoms with van der Waals surface area (Å²) in [6.45, 7) is 1.86. The number of hydrazine groups is 1. The van der Waals surface area contributed by atoms with Gasteiger partial charge in [0.25, 0.3) is 0 Å². The molecule has 3 rings (SSSR count). The zero-order valence-electron chi connectivity index (χ0n) is 11.5. The normalized spacial score (nSPS) is 13.3. The van der Waals surface area contributed by atoms with Crippen LogP contribution in [0.15, 0.2) is 24.4 Å². The van der Waals surface area contributed by atoms with E-state index in [0.29, 0.717) is 30.4 Å². The molecule has 0 atom stereocenters. The van der Waals surface area contributed by atoms with Crippen LogP contribution in [-0.4, -0.2) is 15.9 Å². The van der Waals surface area contributed by atoms with Crippen LogP contribution in [0.3, 0.4) is 0 Å². The van der Waals surface area contributed by atoms with Gasteiger partial charge in [0.1, 0.15) is 5.75 Å². The van der Waals surface area contributed by atoms with Gasteiger partial charge in [0, 0.05) is 23.9 Å². The Morgan fingerprint density at radius 3 is 3.05 bits per heavy atom. The number of carbonyl (C=O) groups is 1. The molecule has 0 spiro atoms. The van der Waals surface area contributed by atoms with E-state index in [1.165, 1.54) is 0 Å². The molecular weight excluding hydrogens is 270 g/mol. The minimum Gasteiger partial charge on any atom is -0.439 e. The molecule has 4 N–H and O–H groups in total. The van der Waals surface area contributed by atoms with E-state index in [2.05, 4.69) is 20.7 Å². The third-order valence-corrected chi connectivity index (χ3v) is 3.24. The number of fused-ring (bicyclic) bond motifs is 1. The SMILES string of the molecule is Cc1cnc(NN)nc1Oc1ccc2c(c1)CCC(=O)N2. The highest BCUT2D eigenvalue weighted by Gasteiger charge is 2.15. The van der Waals surface area contributed by atoms with Crippen molar-refractivity contribution in [2.45, 2.75) is 19.8 Å². The van der Waals surface area contributed by atoms with E-state index in [0.717, 1.165) is 16.8 Å². The smallest absolute Gasteiger partial charge is 0.240 e. The van der Waals surface area contributed by atoms with Gasteiger partial charge in [-0.3, -0.25) is 10.2 Å². The maximum Gasteiger partial charge on any atom is 0.240 e. The third kappa shape index (κ3) is 2.77. The van der Waals surface area contributed by atoms with Crippen LogP contribution in [0, 0.1) is 6.92 Å². The van der Waals surface area contributed by atoms with E-state index < -0.39 is 0 Å². The van der Waals surface area contributed by atoms with Gasteiger partial charge in [0.15, 0.2) is 0 Å². The lowest BCUT2D eigenvalue weighted by Gasteiger charge is -2.17. The Labute approximate surface area is 121 Å². The molecule has 0 saturated carbocycles. The van der Waals surface area contributed by atoms with Crippen molar-refractivity contribution in [3.63, 3.8) is 0 Å². The van der Waals surface area contributed by atoms with Crippen LogP contribution in [0.1, 0.15) is 17.5 Å². The zero-order chi connectivity index (χ0) is 14.8. The van der Waals surface area contributed by atoms with Crippen molar-refractivity contribution in [1.29, 1.82) is 0 Å². The molecule has 0 bridgehead atoms. The fraction of sp³-hybridized carbons (Fsp3) is 0.214. The van der Waals surface area contributed by atoms with Gasteiger partial charge in [0.2, 0.25) is 17.7 Å². The Morgan fingerprint density at radius 2 is 2.24 bits per heavy atom. The van der Waals surface area contributed by atoms with Crippen LogP contribution in [-0.2, 0) is 11.2 Å². The van der Waals surface area contributed by atoms with Crippen molar-refractivity contribution in [3.05, 3.63) is 35.5 Å². The molecule has 1 aromatic heterocycles. The van der Waals surface area contributed by atoms with Gasteiger partial charge in [0.05, 0.1) is 0 Å². The Kier molecular flexibility index (Phi) is 3.41. The fourth-order valence-corrected chi connectivity index (χ4v) is 2.13. The second-order valence-corrected chi connectivity index (χ2v) is 4.80. The molecule has 7 nitrogen and oxygen atoms in total. The minimum absolute atomic E-state index is 0.0430. The largest absolute Gasteiger partial charge is 0.439 e. The molecule has 7 heteroatoms. The number of anilines is 2. The van der Waals surface area contributed by atoms with Crippen molar-refractivity contribution in [1.82, 2.24) is 9.97 Å². The van der Waals surface area contributed by atoms with Gasteiger partial charge in [-0.2, -0.15) is 4.98 Å². The lowest BCUT2D eigenvalue weighted by molar-refractivity contribution is -0.116. The number of amides is 1. The molecule has 0 fully saturated rings. The number of hydrogen-bond donors (Lipinski definition) is 3. The van der Waals surface area contributed by atoms with Crippen LogP contribution >= 0.6 is 0 Å². The monoisotopic (exact) mass is 285 g/mol. The predicted octanol–water partition coefficient (Wildman–Crippen LogP) is 1.75. The number of benzene rings is 1. The maximum atomic E-state index is 11.3. The fourth-order valence-electron chi connectivity index (χ4n) is 2.13. The summed E-state index contributed by atoms with van der Waals surface area (Å²) in [5, 5.41) is 2.83. The van der Waals surface area contributed by atoms with Gasteiger partial charge in [-0.15, -0.1) is 0 Å². The van der Waals surface area contributed by atoms with E-state index in [9.17, 15) is 4.79 Å². The van der Waals surface area contributed by atoms with Crippen molar-refractivity contribution in [2.24, 2.45) is 5.84 Å². The summed E-state index contributed by atoms with van der Waals surface area (Å²) in [6, 6.07) is 5.54. The van der Waals surface area contributed by atoms with E-state index in [1.54, 1.807) is 12.3 Å². The van der Waals surface area contributed by atoms with Crippen molar-refractivity contribution >= 4 is 17.5 Å². The molecule has 2 aromatic rings. The number of rotatable bonds is 3. The molecule has 0 unspecified atom stereocenters. The summed E-state index contributed by atoms with van der Waals surface area (Å²) in [5.41, 5.74) is 5.08. The van der Waals surface area contributed by atoms with Gasteiger partial charge in [-0.25, -0.2) is 10.8 Å². The first-order valence-corrected chi connectivity index (χ1v) is 6.56. The first kappa shape index (κ1) is 13.3. The predicted molar refractivity (Wildman–Crippen MR) is 78.0 cm³/mol. The molecule has 108 valence electrons. The average Bonchev–Trinajstić information content (AvgIpc) is 2.49. The van der Waals surface area contributed by atoms with Crippen LogP contribution in [0.25, 0.3) is 0 Å². The van der Waals surface area contributed by atoms with Crippen LogP contribution in [0.4, 0.5) is 11.6 Å². The number of nitrogens with one attached hydrogen (secondary N) is 2. The summed E-state index contributed by atoms with van der Waals surface area (Å²) >= 11 is 0. The highest BCUT2D eigenvalue weighted by atomic mass is 16.5. The first-order valence-electron chi connectivity index (χ1n) is 6.56. The molecule has 1 aromatic carbocycles. The number of nitrogen functional groups attached to an aromatic ring is 1. The minimum atomic E-state index is 0.0430. The van der Waals surface area contributed by atoms with Crippen LogP contribution < -0.4 is 21.3 Å². The molecule has 1 aliphatic rings. The summed E-state index contributed by atoms with van der Waals surface area (Å²) in [7, 11) is 0. The summed E-state index contributed by atoms with van der Waals surface area (Å²) in [6.07, 6.45) is 2.83. The van der Waals surface area contributed by atoms with Gasteiger partial charge in [-0.1, -0.05) is 0 Å². The number of carbonyl (C=O) groups excluding carboxylic acids is 1. The Hall–Kier alpha value is -2.67. The van der Waals surface area contributed by atoms with E-state index in [4.69, 9.17) is 10.6 Å². The van der Waals surface area contributed by atoms with Crippen molar-refractivity contribution in [3.8, 4) is 11.6 Å².